The van der Waals surface area contributed by atoms with E-state index in [-0.39, 0.29) is 0 Å². The van der Waals surface area contributed by atoms with Gasteiger partial charge in [0.2, 0.25) is 0 Å². The van der Waals surface area contributed by atoms with Gasteiger partial charge in [0.1, 0.15) is 0 Å². The van der Waals surface area contributed by atoms with Gasteiger partial charge in [-0.1, -0.05) is 0 Å². The van der Waals surface area contributed by atoms with Gasteiger partial charge in [0.25, 0.3) is 0 Å². The number of hydrogen-bond acceptors (Lipinski definition) is 2. The first-order chi connectivity index (χ1) is 6.77. The van der Waals surface area contributed by atoms with E-state index in [1.165, 1.54) is 5.69 Å². The van der Waals surface area contributed by atoms with Crippen LogP contribution in [0.2, 0.25) is 0 Å². The van der Waals surface area contributed by atoms with Crippen LogP contribution in [0.5, 0.6) is 0 Å². The molecule has 1 heterocycles. The van der Waals surface area contributed by atoms with Gasteiger partial charge in [0, 0.05) is 32.2 Å². The minimum Gasteiger partial charge on any atom is -0.378 e. The van der Waals surface area contributed by atoms with E-state index in [0.29, 0.717) is 0 Å². The summed E-state index contributed by atoms with van der Waals surface area (Å²) < 4.78 is 1.85. The molecule has 0 aliphatic rings. The van der Waals surface area contributed by atoms with Crippen molar-refractivity contribution in [1.29, 1.82) is 0 Å². The molecule has 0 saturated heterocycles. The molecule has 3 nitrogen and oxygen atoms in total. The summed E-state index contributed by atoms with van der Waals surface area (Å²) in [6.45, 7) is 0. The summed E-state index contributed by atoms with van der Waals surface area (Å²) in [6.07, 6.45) is 3.71. The second-order valence-corrected chi connectivity index (χ2v) is 3.36. The molecule has 0 aliphatic heterocycles. The lowest BCUT2D eigenvalue weighted by Crippen LogP contribution is -2.08. The second-order valence-electron chi connectivity index (χ2n) is 3.36. The second kappa shape index (κ2) is 3.54. The summed E-state index contributed by atoms with van der Waals surface area (Å²) in [4.78, 5) is 2.08. The lowest BCUT2D eigenvalue weighted by Gasteiger charge is -2.12. The Labute approximate surface area is 83.6 Å². The zero-order chi connectivity index (χ0) is 9.97. The Kier molecular flexibility index (Phi) is 2.23. The Hall–Kier alpha value is -1.77. The Morgan fingerprint density at radius 2 is 1.86 bits per heavy atom. The van der Waals surface area contributed by atoms with Gasteiger partial charge in [0.05, 0.1) is 5.69 Å². The monoisotopic (exact) mass is 187 g/mol. The Morgan fingerprint density at radius 3 is 2.36 bits per heavy atom. The van der Waals surface area contributed by atoms with Crippen molar-refractivity contribution in [1.82, 2.24) is 9.78 Å². The van der Waals surface area contributed by atoms with Crippen molar-refractivity contribution in [3.8, 4) is 5.69 Å². The molecule has 0 saturated carbocycles. The normalized spacial score (nSPS) is 10.1. The fraction of sp³-hybridized carbons (Fsp3) is 0.182. The van der Waals surface area contributed by atoms with Gasteiger partial charge in [-0.05, 0) is 30.3 Å². The maximum atomic E-state index is 4.16. The summed E-state index contributed by atoms with van der Waals surface area (Å²) in [7, 11) is 4.06. The van der Waals surface area contributed by atoms with Gasteiger partial charge in [-0.25, -0.2) is 4.68 Å². The van der Waals surface area contributed by atoms with Gasteiger partial charge < -0.3 is 4.90 Å². The Morgan fingerprint density at radius 1 is 1.14 bits per heavy atom. The van der Waals surface area contributed by atoms with Crippen molar-refractivity contribution < 1.29 is 0 Å². The van der Waals surface area contributed by atoms with Crippen LogP contribution in [0.15, 0.2) is 42.7 Å². The van der Waals surface area contributed by atoms with E-state index in [9.17, 15) is 0 Å². The Bertz CT molecular complexity index is 387. The molecule has 1 aromatic carbocycles. The van der Waals surface area contributed by atoms with Crippen molar-refractivity contribution in [2.45, 2.75) is 0 Å². The molecule has 0 atom stereocenters. The molecule has 2 aromatic rings. The highest BCUT2D eigenvalue weighted by molar-refractivity contribution is 5.49. The molecule has 72 valence electrons. The van der Waals surface area contributed by atoms with E-state index >= 15 is 0 Å². The molecule has 14 heavy (non-hydrogen) atoms. The smallest absolute Gasteiger partial charge is 0.0647 e. The topological polar surface area (TPSA) is 21.1 Å². The third kappa shape index (κ3) is 1.62. The SMILES string of the molecule is CN(C)c1ccc(-n2cccn2)cc1. The molecule has 0 fully saturated rings. The molecular formula is C11H13N3. The van der Waals surface area contributed by atoms with Gasteiger partial charge in [-0.3, -0.25) is 0 Å². The summed E-state index contributed by atoms with van der Waals surface area (Å²) in [5, 5.41) is 4.16. The molecule has 0 N–H and O–H groups in total. The number of hydrogen-bond donors (Lipinski definition) is 0. The molecule has 1 aromatic heterocycles. The van der Waals surface area contributed by atoms with Gasteiger partial charge in [0.15, 0.2) is 0 Å². The number of benzene rings is 1. The van der Waals surface area contributed by atoms with Gasteiger partial charge in [-0.15, -0.1) is 0 Å². The first-order valence-electron chi connectivity index (χ1n) is 4.55. The fourth-order valence-corrected chi connectivity index (χ4v) is 1.33. The lowest BCUT2D eigenvalue weighted by molar-refractivity contribution is 0.880. The van der Waals surface area contributed by atoms with Crippen LogP contribution in [0, 0.1) is 0 Å². The van der Waals surface area contributed by atoms with Crippen molar-refractivity contribution in [2.24, 2.45) is 0 Å². The molecular weight excluding hydrogens is 174 g/mol. The number of nitrogens with zero attached hydrogens (tertiary/aromatic N) is 3. The minimum absolute atomic E-state index is 1.08. The highest BCUT2D eigenvalue weighted by Gasteiger charge is 1.97. The predicted molar refractivity (Wildman–Crippen MR) is 57.9 cm³/mol. The summed E-state index contributed by atoms with van der Waals surface area (Å²) in [5.74, 6) is 0. The summed E-state index contributed by atoms with van der Waals surface area (Å²) >= 11 is 0. The maximum Gasteiger partial charge on any atom is 0.0647 e. The zero-order valence-corrected chi connectivity index (χ0v) is 8.38. The highest BCUT2D eigenvalue weighted by atomic mass is 15.3. The van der Waals surface area contributed by atoms with Crippen molar-refractivity contribution in [3.63, 3.8) is 0 Å². The van der Waals surface area contributed by atoms with Crippen LogP contribution in [0.3, 0.4) is 0 Å². The standard InChI is InChI=1S/C11H13N3/c1-13(2)10-4-6-11(7-5-10)14-9-3-8-12-14/h3-9H,1-2H3. The van der Waals surface area contributed by atoms with Crippen molar-refractivity contribution in [2.75, 3.05) is 19.0 Å². The van der Waals surface area contributed by atoms with Crippen molar-refractivity contribution >= 4 is 5.69 Å². The fourth-order valence-electron chi connectivity index (χ4n) is 1.33. The van der Waals surface area contributed by atoms with Crippen LogP contribution in [0.25, 0.3) is 5.69 Å². The van der Waals surface area contributed by atoms with Crippen LogP contribution < -0.4 is 4.90 Å². The highest BCUT2D eigenvalue weighted by Crippen LogP contribution is 2.14. The van der Waals surface area contributed by atoms with Crippen LogP contribution >= 0.6 is 0 Å². The molecule has 3 heteroatoms. The number of aromatic nitrogens is 2. The van der Waals surface area contributed by atoms with E-state index in [1.54, 1.807) is 6.20 Å². The molecule has 0 bridgehead atoms. The average molecular weight is 187 g/mol. The lowest BCUT2D eigenvalue weighted by atomic mass is 10.2. The molecule has 0 amide bonds. The first kappa shape index (κ1) is 8.81. The van der Waals surface area contributed by atoms with E-state index in [2.05, 4.69) is 34.3 Å². The van der Waals surface area contributed by atoms with Crippen LogP contribution in [-0.2, 0) is 0 Å². The van der Waals surface area contributed by atoms with Gasteiger partial charge in [-0.2, -0.15) is 5.10 Å². The van der Waals surface area contributed by atoms with Crippen LogP contribution in [0.4, 0.5) is 5.69 Å². The van der Waals surface area contributed by atoms with Crippen LogP contribution in [-0.4, -0.2) is 23.9 Å². The third-order valence-corrected chi connectivity index (χ3v) is 2.14. The molecule has 0 unspecified atom stereocenters. The average Bonchev–Trinajstić information content (AvgIpc) is 2.71. The van der Waals surface area contributed by atoms with E-state index in [0.717, 1.165) is 5.69 Å². The maximum absolute atomic E-state index is 4.16. The number of anilines is 1. The van der Waals surface area contributed by atoms with Gasteiger partial charge >= 0.3 is 0 Å². The summed E-state index contributed by atoms with van der Waals surface area (Å²) in [5.41, 5.74) is 2.28. The third-order valence-electron chi connectivity index (χ3n) is 2.14. The van der Waals surface area contributed by atoms with Crippen molar-refractivity contribution in [3.05, 3.63) is 42.7 Å². The van der Waals surface area contributed by atoms with E-state index < -0.39 is 0 Å². The molecule has 0 spiro atoms. The summed E-state index contributed by atoms with van der Waals surface area (Å²) in [6, 6.07) is 10.2. The zero-order valence-electron chi connectivity index (χ0n) is 8.38. The quantitative estimate of drug-likeness (QED) is 0.716. The van der Waals surface area contributed by atoms with E-state index in [4.69, 9.17) is 0 Å². The largest absolute Gasteiger partial charge is 0.378 e. The predicted octanol–water partition coefficient (Wildman–Crippen LogP) is 1.94. The Balaban J connectivity index is 2.31. The molecule has 0 radical (unpaired) electrons. The van der Waals surface area contributed by atoms with Crippen LogP contribution in [0.1, 0.15) is 0 Å². The van der Waals surface area contributed by atoms with E-state index in [1.807, 2.05) is 31.0 Å². The minimum atomic E-state index is 1.08. The molecule has 2 rings (SSSR count). The first-order valence-corrected chi connectivity index (χ1v) is 4.55. The number of rotatable bonds is 2. The molecule has 0 aliphatic carbocycles.